The van der Waals surface area contributed by atoms with Gasteiger partial charge in [0.2, 0.25) is 11.7 Å². The summed E-state index contributed by atoms with van der Waals surface area (Å²) in [5.41, 5.74) is 4.89. The second-order valence-corrected chi connectivity index (χ2v) is 9.33. The fraction of sp³-hybridized carbons (Fsp3) is 0.333. The van der Waals surface area contributed by atoms with Gasteiger partial charge in [0, 0.05) is 48.7 Å². The molecule has 1 aliphatic carbocycles. The van der Waals surface area contributed by atoms with Crippen LogP contribution < -0.4 is 0 Å². The number of nitrogens with zero attached hydrogens (tertiary/aromatic N) is 5. The maximum atomic E-state index is 13.5. The van der Waals surface area contributed by atoms with Gasteiger partial charge in [-0.2, -0.15) is 4.98 Å². The van der Waals surface area contributed by atoms with Crippen LogP contribution in [0.5, 0.6) is 0 Å². The van der Waals surface area contributed by atoms with Gasteiger partial charge in [0.25, 0.3) is 5.91 Å². The minimum Gasteiger partial charge on any atom is -0.338 e. The van der Waals surface area contributed by atoms with Gasteiger partial charge in [-0.3, -0.25) is 14.7 Å². The van der Waals surface area contributed by atoms with Gasteiger partial charge in [-0.1, -0.05) is 53.2 Å². The lowest BCUT2D eigenvalue weighted by molar-refractivity contribution is 0.0617. The highest BCUT2D eigenvalue weighted by molar-refractivity contribution is 6.06. The highest BCUT2D eigenvalue weighted by Gasteiger charge is 2.29. The molecule has 0 radical (unpaired) electrons. The predicted octanol–water partition coefficient (Wildman–Crippen LogP) is 4.43. The Hall–Kier alpha value is -3.58. The van der Waals surface area contributed by atoms with Crippen molar-refractivity contribution >= 4 is 16.8 Å². The zero-order valence-corrected chi connectivity index (χ0v) is 19.3. The molecule has 2 aromatic heterocycles. The normalized spacial score (nSPS) is 16.8. The average Bonchev–Trinajstić information content (AvgIpc) is 3.63. The second kappa shape index (κ2) is 8.65. The van der Waals surface area contributed by atoms with Crippen LogP contribution in [0.2, 0.25) is 0 Å². The SMILES string of the molecule is Cc1ccc(-c2noc(CN3CCN(C(=O)c4cc(C5CC5)nc5ccccc45)CC3)n2)cc1. The number of rotatable bonds is 5. The molecule has 172 valence electrons. The van der Waals surface area contributed by atoms with Crippen LogP contribution in [0.3, 0.4) is 0 Å². The third kappa shape index (κ3) is 4.19. The number of hydrogen-bond donors (Lipinski definition) is 0. The van der Waals surface area contributed by atoms with E-state index in [0.29, 0.717) is 37.3 Å². The molecule has 2 aromatic carbocycles. The zero-order chi connectivity index (χ0) is 23.1. The first-order chi connectivity index (χ1) is 16.6. The van der Waals surface area contributed by atoms with E-state index in [4.69, 9.17) is 9.51 Å². The summed E-state index contributed by atoms with van der Waals surface area (Å²) in [6.45, 7) is 5.53. The fourth-order valence-corrected chi connectivity index (χ4v) is 4.57. The number of benzene rings is 2. The fourth-order valence-electron chi connectivity index (χ4n) is 4.57. The number of piperazine rings is 1. The molecule has 3 heterocycles. The quantitative estimate of drug-likeness (QED) is 0.445. The van der Waals surface area contributed by atoms with Crippen LogP contribution in [0.4, 0.5) is 0 Å². The predicted molar refractivity (Wildman–Crippen MR) is 129 cm³/mol. The van der Waals surface area contributed by atoms with E-state index < -0.39 is 0 Å². The van der Waals surface area contributed by atoms with Crippen molar-refractivity contribution in [2.75, 3.05) is 26.2 Å². The zero-order valence-electron chi connectivity index (χ0n) is 19.3. The van der Waals surface area contributed by atoms with Crippen LogP contribution in [0, 0.1) is 6.92 Å². The highest BCUT2D eigenvalue weighted by atomic mass is 16.5. The minimum atomic E-state index is 0.0968. The standard InChI is InChI=1S/C27H27N5O2/c1-18-6-8-20(9-7-18)26-29-25(34-30-26)17-31-12-14-32(15-13-31)27(33)22-16-24(19-10-11-19)28-23-5-3-2-4-21(22)23/h2-9,16,19H,10-15,17H2,1H3. The Kier molecular flexibility index (Phi) is 5.34. The van der Waals surface area contributed by atoms with E-state index in [-0.39, 0.29) is 5.91 Å². The first kappa shape index (κ1) is 21.0. The number of aryl methyl sites for hydroxylation is 1. The van der Waals surface area contributed by atoms with Gasteiger partial charge in [0.1, 0.15) is 0 Å². The molecule has 7 heteroatoms. The summed E-state index contributed by atoms with van der Waals surface area (Å²) in [7, 11) is 0. The molecule has 0 bridgehead atoms. The van der Waals surface area contributed by atoms with Crippen LogP contribution in [0.25, 0.3) is 22.3 Å². The number of hydrogen-bond acceptors (Lipinski definition) is 6. The molecule has 2 aliphatic rings. The van der Waals surface area contributed by atoms with Gasteiger partial charge in [0.05, 0.1) is 17.6 Å². The summed E-state index contributed by atoms with van der Waals surface area (Å²) in [6.07, 6.45) is 2.33. The Balaban J connectivity index is 1.12. The summed E-state index contributed by atoms with van der Waals surface area (Å²) < 4.78 is 5.50. The first-order valence-electron chi connectivity index (χ1n) is 11.9. The third-order valence-corrected chi connectivity index (χ3v) is 6.76. The topological polar surface area (TPSA) is 75.4 Å². The Labute approximate surface area is 198 Å². The molecule has 0 N–H and O–H groups in total. The lowest BCUT2D eigenvalue weighted by Crippen LogP contribution is -2.48. The molecule has 7 nitrogen and oxygen atoms in total. The second-order valence-electron chi connectivity index (χ2n) is 9.33. The summed E-state index contributed by atoms with van der Waals surface area (Å²) in [5.74, 6) is 1.82. The number of amides is 1. The molecule has 1 saturated carbocycles. The number of carbonyl (C=O) groups excluding carboxylic acids is 1. The maximum Gasteiger partial charge on any atom is 0.254 e. The van der Waals surface area contributed by atoms with Crippen molar-refractivity contribution in [2.45, 2.75) is 32.2 Å². The van der Waals surface area contributed by atoms with Crippen molar-refractivity contribution in [1.82, 2.24) is 24.9 Å². The van der Waals surface area contributed by atoms with Crippen molar-refractivity contribution in [3.05, 3.63) is 77.3 Å². The molecule has 0 atom stereocenters. The molecule has 1 amide bonds. The molecular formula is C27H27N5O2. The lowest BCUT2D eigenvalue weighted by atomic mass is 10.0. The first-order valence-corrected chi connectivity index (χ1v) is 11.9. The molecule has 1 saturated heterocycles. The van der Waals surface area contributed by atoms with Crippen LogP contribution in [0.1, 0.15) is 46.3 Å². The molecule has 6 rings (SSSR count). The van der Waals surface area contributed by atoms with E-state index >= 15 is 0 Å². The van der Waals surface area contributed by atoms with Crippen molar-refractivity contribution < 1.29 is 9.32 Å². The minimum absolute atomic E-state index is 0.0968. The van der Waals surface area contributed by atoms with Crippen LogP contribution in [0.15, 0.2) is 59.1 Å². The number of fused-ring (bicyclic) bond motifs is 1. The van der Waals surface area contributed by atoms with Gasteiger partial charge in [0.15, 0.2) is 0 Å². The van der Waals surface area contributed by atoms with Gasteiger partial charge in [-0.15, -0.1) is 0 Å². The van der Waals surface area contributed by atoms with Crippen LogP contribution in [-0.4, -0.2) is 57.0 Å². The molecule has 2 fully saturated rings. The Bertz CT molecular complexity index is 1330. The Morgan fingerprint density at radius 2 is 1.76 bits per heavy atom. The average molecular weight is 454 g/mol. The lowest BCUT2D eigenvalue weighted by Gasteiger charge is -2.34. The third-order valence-electron chi connectivity index (χ3n) is 6.76. The summed E-state index contributed by atoms with van der Waals surface area (Å²) in [5, 5.41) is 5.08. The van der Waals surface area contributed by atoms with Gasteiger partial charge >= 0.3 is 0 Å². The molecule has 1 aliphatic heterocycles. The summed E-state index contributed by atoms with van der Waals surface area (Å²) in [4.78, 5) is 27.1. The van der Waals surface area contributed by atoms with E-state index in [0.717, 1.165) is 40.8 Å². The van der Waals surface area contributed by atoms with Crippen LogP contribution in [-0.2, 0) is 6.54 Å². The largest absolute Gasteiger partial charge is 0.338 e. The summed E-state index contributed by atoms with van der Waals surface area (Å²) in [6, 6.07) is 18.1. The molecule has 0 unspecified atom stereocenters. The van der Waals surface area contributed by atoms with Crippen molar-refractivity contribution in [2.24, 2.45) is 0 Å². The van der Waals surface area contributed by atoms with Gasteiger partial charge in [-0.05, 0) is 31.9 Å². The van der Waals surface area contributed by atoms with E-state index in [2.05, 4.69) is 22.0 Å². The molecule has 34 heavy (non-hydrogen) atoms. The number of pyridine rings is 1. The highest BCUT2D eigenvalue weighted by Crippen LogP contribution is 2.40. The monoisotopic (exact) mass is 453 g/mol. The molecule has 0 spiro atoms. The van der Waals surface area contributed by atoms with Gasteiger partial charge < -0.3 is 9.42 Å². The number of carbonyl (C=O) groups is 1. The number of para-hydroxylation sites is 1. The van der Waals surface area contributed by atoms with E-state index in [1.165, 1.54) is 18.4 Å². The number of aromatic nitrogens is 3. The summed E-state index contributed by atoms with van der Waals surface area (Å²) >= 11 is 0. The smallest absolute Gasteiger partial charge is 0.254 e. The van der Waals surface area contributed by atoms with Crippen LogP contribution >= 0.6 is 0 Å². The van der Waals surface area contributed by atoms with Crippen molar-refractivity contribution in [3.63, 3.8) is 0 Å². The van der Waals surface area contributed by atoms with Gasteiger partial charge in [-0.25, -0.2) is 0 Å². The van der Waals surface area contributed by atoms with E-state index in [1.807, 2.05) is 59.5 Å². The van der Waals surface area contributed by atoms with Crippen molar-refractivity contribution in [3.8, 4) is 11.4 Å². The van der Waals surface area contributed by atoms with Crippen molar-refractivity contribution in [1.29, 1.82) is 0 Å². The molecule has 4 aromatic rings. The van der Waals surface area contributed by atoms with E-state index in [1.54, 1.807) is 0 Å². The Morgan fingerprint density at radius 3 is 2.53 bits per heavy atom. The maximum absolute atomic E-state index is 13.5. The Morgan fingerprint density at radius 1 is 1.00 bits per heavy atom. The van der Waals surface area contributed by atoms with E-state index in [9.17, 15) is 4.79 Å². The molecular weight excluding hydrogens is 426 g/mol.